The Balaban J connectivity index is 2.87. The molecule has 1 heterocycles. The van der Waals surface area contributed by atoms with Crippen LogP contribution in [0.4, 0.5) is 0 Å². The van der Waals surface area contributed by atoms with Crippen molar-refractivity contribution in [2.75, 3.05) is 13.1 Å². The van der Waals surface area contributed by atoms with Gasteiger partial charge in [-0.05, 0) is 23.7 Å². The molecule has 0 spiro atoms. The predicted molar refractivity (Wildman–Crippen MR) is 70.1 cm³/mol. The van der Waals surface area contributed by atoms with Crippen LogP contribution in [0.1, 0.15) is 41.0 Å². The van der Waals surface area contributed by atoms with Crippen LogP contribution in [-0.4, -0.2) is 35.0 Å². The quantitative estimate of drug-likeness (QED) is 0.770. The van der Waals surface area contributed by atoms with Gasteiger partial charge in [0, 0.05) is 13.1 Å². The Morgan fingerprint density at radius 1 is 1.17 bits per heavy atom. The molecule has 1 aliphatic rings. The van der Waals surface area contributed by atoms with E-state index in [9.17, 15) is 14.7 Å². The Bertz CT molecular complexity index is 322. The number of rotatable bonds is 2. The van der Waals surface area contributed by atoms with E-state index < -0.39 is 17.3 Å². The summed E-state index contributed by atoms with van der Waals surface area (Å²) in [5.74, 6) is -1.29. The third-order valence-corrected chi connectivity index (χ3v) is 3.54. The lowest BCUT2D eigenvalue weighted by molar-refractivity contribution is -0.157. The van der Waals surface area contributed by atoms with Crippen LogP contribution >= 0.6 is 0 Å². The Hall–Kier alpha value is -1.06. The molecule has 104 valence electrons. The molecule has 0 aromatic heterocycles. The standard InChI is InChI=1S/C14H25NO3/c1-9-6-10(2)8-15(7-9)12(16)11(13(17)18)14(3,4)5/h9-11H,6-8H2,1-5H3,(H,17,18). The van der Waals surface area contributed by atoms with Gasteiger partial charge in [0.25, 0.3) is 0 Å². The number of likely N-dealkylation sites (tertiary alicyclic amines) is 1. The zero-order chi connectivity index (χ0) is 14.1. The molecule has 1 saturated heterocycles. The van der Waals surface area contributed by atoms with Crippen molar-refractivity contribution < 1.29 is 14.7 Å². The van der Waals surface area contributed by atoms with Gasteiger partial charge in [-0.1, -0.05) is 34.6 Å². The van der Waals surface area contributed by atoms with Crippen molar-refractivity contribution in [2.24, 2.45) is 23.2 Å². The summed E-state index contributed by atoms with van der Waals surface area (Å²) in [6.07, 6.45) is 1.11. The van der Waals surface area contributed by atoms with Gasteiger partial charge in [0.2, 0.25) is 5.91 Å². The van der Waals surface area contributed by atoms with E-state index in [1.165, 1.54) is 0 Å². The Morgan fingerprint density at radius 2 is 1.61 bits per heavy atom. The Labute approximate surface area is 109 Å². The fourth-order valence-electron chi connectivity index (χ4n) is 2.87. The maximum atomic E-state index is 12.4. The van der Waals surface area contributed by atoms with E-state index in [0.717, 1.165) is 6.42 Å². The molecule has 3 atom stereocenters. The Kier molecular flexibility index (Phi) is 4.41. The second-order valence-corrected chi connectivity index (χ2v) is 6.83. The van der Waals surface area contributed by atoms with Crippen LogP contribution in [0.25, 0.3) is 0 Å². The van der Waals surface area contributed by atoms with E-state index in [1.54, 1.807) is 25.7 Å². The summed E-state index contributed by atoms with van der Waals surface area (Å²) in [5, 5.41) is 9.29. The average molecular weight is 255 g/mol. The molecule has 4 heteroatoms. The summed E-state index contributed by atoms with van der Waals surface area (Å²) in [4.78, 5) is 25.5. The zero-order valence-electron chi connectivity index (χ0n) is 12.1. The van der Waals surface area contributed by atoms with Crippen LogP contribution in [0.5, 0.6) is 0 Å². The van der Waals surface area contributed by atoms with Gasteiger partial charge in [-0.2, -0.15) is 0 Å². The molecule has 1 fully saturated rings. The summed E-state index contributed by atoms with van der Waals surface area (Å²) in [7, 11) is 0. The van der Waals surface area contributed by atoms with Crippen molar-refractivity contribution in [2.45, 2.75) is 41.0 Å². The summed E-state index contributed by atoms with van der Waals surface area (Å²) < 4.78 is 0. The van der Waals surface area contributed by atoms with Gasteiger partial charge in [0.1, 0.15) is 5.92 Å². The number of aliphatic carboxylic acids is 1. The molecule has 1 amide bonds. The van der Waals surface area contributed by atoms with Gasteiger partial charge in [-0.3, -0.25) is 9.59 Å². The van der Waals surface area contributed by atoms with Crippen molar-refractivity contribution >= 4 is 11.9 Å². The normalized spacial score (nSPS) is 26.8. The first-order valence-electron chi connectivity index (χ1n) is 6.64. The first-order valence-corrected chi connectivity index (χ1v) is 6.64. The molecular formula is C14H25NO3. The molecule has 1 rings (SSSR count). The lowest BCUT2D eigenvalue weighted by Gasteiger charge is -2.38. The number of carbonyl (C=O) groups is 2. The molecule has 18 heavy (non-hydrogen) atoms. The van der Waals surface area contributed by atoms with Crippen LogP contribution in [0.3, 0.4) is 0 Å². The van der Waals surface area contributed by atoms with E-state index >= 15 is 0 Å². The first kappa shape index (κ1) is 15.0. The van der Waals surface area contributed by atoms with Crippen LogP contribution in [0.15, 0.2) is 0 Å². The van der Waals surface area contributed by atoms with E-state index in [4.69, 9.17) is 0 Å². The van der Waals surface area contributed by atoms with Crippen LogP contribution in [0.2, 0.25) is 0 Å². The molecule has 0 saturated carbocycles. The van der Waals surface area contributed by atoms with Gasteiger partial charge in [-0.25, -0.2) is 0 Å². The molecule has 0 aromatic rings. The van der Waals surface area contributed by atoms with Crippen LogP contribution < -0.4 is 0 Å². The van der Waals surface area contributed by atoms with Crippen molar-refractivity contribution in [3.05, 3.63) is 0 Å². The van der Waals surface area contributed by atoms with Crippen molar-refractivity contribution in [1.29, 1.82) is 0 Å². The number of nitrogens with zero attached hydrogens (tertiary/aromatic N) is 1. The van der Waals surface area contributed by atoms with E-state index in [0.29, 0.717) is 24.9 Å². The molecule has 0 radical (unpaired) electrons. The summed E-state index contributed by atoms with van der Waals surface area (Å²) in [6, 6.07) is 0. The monoisotopic (exact) mass is 255 g/mol. The average Bonchev–Trinajstić information content (AvgIpc) is 2.12. The number of piperidine rings is 1. The topological polar surface area (TPSA) is 57.6 Å². The highest BCUT2D eigenvalue weighted by Crippen LogP contribution is 2.30. The van der Waals surface area contributed by atoms with Gasteiger partial charge < -0.3 is 10.0 Å². The number of carboxylic acids is 1. The SMILES string of the molecule is CC1CC(C)CN(C(=O)C(C(=O)O)C(C)(C)C)C1. The summed E-state index contributed by atoms with van der Waals surface area (Å²) >= 11 is 0. The van der Waals surface area contributed by atoms with Crippen molar-refractivity contribution in [1.82, 2.24) is 4.90 Å². The van der Waals surface area contributed by atoms with Gasteiger partial charge in [-0.15, -0.1) is 0 Å². The molecular weight excluding hydrogens is 230 g/mol. The van der Waals surface area contributed by atoms with E-state index in [-0.39, 0.29) is 5.91 Å². The highest BCUT2D eigenvalue weighted by atomic mass is 16.4. The highest BCUT2D eigenvalue weighted by Gasteiger charge is 2.41. The van der Waals surface area contributed by atoms with E-state index in [2.05, 4.69) is 13.8 Å². The second-order valence-electron chi connectivity index (χ2n) is 6.83. The molecule has 0 bridgehead atoms. The zero-order valence-corrected chi connectivity index (χ0v) is 12.1. The van der Waals surface area contributed by atoms with Crippen LogP contribution in [-0.2, 0) is 9.59 Å². The predicted octanol–water partition coefficient (Wildman–Crippen LogP) is 2.24. The first-order chi connectivity index (χ1) is 8.12. The van der Waals surface area contributed by atoms with Crippen molar-refractivity contribution in [3.63, 3.8) is 0 Å². The number of hydrogen-bond donors (Lipinski definition) is 1. The minimum atomic E-state index is -1.02. The van der Waals surface area contributed by atoms with Gasteiger partial charge >= 0.3 is 5.97 Å². The molecule has 1 N–H and O–H groups in total. The smallest absolute Gasteiger partial charge is 0.316 e. The minimum absolute atomic E-state index is 0.228. The van der Waals surface area contributed by atoms with E-state index in [1.807, 2.05) is 0 Å². The molecule has 4 nitrogen and oxygen atoms in total. The summed E-state index contributed by atoms with van der Waals surface area (Å²) in [5.41, 5.74) is -0.549. The molecule has 0 aromatic carbocycles. The number of carbonyl (C=O) groups excluding carboxylic acids is 1. The number of carboxylic acid groups (broad SMARTS) is 1. The largest absolute Gasteiger partial charge is 0.481 e. The second kappa shape index (κ2) is 5.29. The highest BCUT2D eigenvalue weighted by molar-refractivity contribution is 5.97. The third kappa shape index (κ3) is 3.47. The number of amides is 1. The molecule has 3 unspecified atom stereocenters. The van der Waals surface area contributed by atoms with Gasteiger partial charge in [0.15, 0.2) is 0 Å². The lowest BCUT2D eigenvalue weighted by atomic mass is 9.79. The van der Waals surface area contributed by atoms with Crippen molar-refractivity contribution in [3.8, 4) is 0 Å². The fraction of sp³-hybridized carbons (Fsp3) is 0.857. The minimum Gasteiger partial charge on any atom is -0.481 e. The summed E-state index contributed by atoms with van der Waals surface area (Å²) in [6.45, 7) is 11.0. The van der Waals surface area contributed by atoms with Crippen LogP contribution in [0, 0.1) is 23.2 Å². The molecule has 0 aliphatic carbocycles. The maximum absolute atomic E-state index is 12.4. The molecule has 1 aliphatic heterocycles. The number of hydrogen-bond acceptors (Lipinski definition) is 2. The Morgan fingerprint density at radius 3 is 1.94 bits per heavy atom. The third-order valence-electron chi connectivity index (χ3n) is 3.54. The lowest BCUT2D eigenvalue weighted by Crippen LogP contribution is -2.50. The van der Waals surface area contributed by atoms with Gasteiger partial charge in [0.05, 0.1) is 0 Å². The fourth-order valence-corrected chi connectivity index (χ4v) is 2.87. The maximum Gasteiger partial charge on any atom is 0.316 e.